The van der Waals surface area contributed by atoms with E-state index in [0.717, 1.165) is 22.1 Å². The minimum absolute atomic E-state index is 0.392. The number of rotatable bonds is 4. The SMILES string of the molecule is CCc1nnc(CN=C(N)Nc2cc(C)cc(C)c2)s1. The number of anilines is 1. The minimum Gasteiger partial charge on any atom is -0.370 e. The summed E-state index contributed by atoms with van der Waals surface area (Å²) in [4.78, 5) is 4.29. The lowest BCUT2D eigenvalue weighted by atomic mass is 10.1. The molecule has 0 aliphatic carbocycles. The molecule has 2 rings (SSSR count). The number of hydrogen-bond donors (Lipinski definition) is 2. The highest BCUT2D eigenvalue weighted by Gasteiger charge is 2.02. The molecule has 106 valence electrons. The molecule has 2 aromatic rings. The molecule has 0 saturated carbocycles. The van der Waals surface area contributed by atoms with Gasteiger partial charge in [0.2, 0.25) is 0 Å². The molecule has 0 spiro atoms. The van der Waals surface area contributed by atoms with Gasteiger partial charge in [-0.05, 0) is 43.5 Å². The Morgan fingerprint density at radius 2 is 1.85 bits per heavy atom. The monoisotopic (exact) mass is 289 g/mol. The van der Waals surface area contributed by atoms with Crippen LogP contribution in [-0.4, -0.2) is 16.2 Å². The molecule has 0 aliphatic heterocycles. The average Bonchev–Trinajstić information content (AvgIpc) is 2.83. The highest BCUT2D eigenvalue weighted by Crippen LogP contribution is 2.14. The molecule has 5 nitrogen and oxygen atoms in total. The molecule has 3 N–H and O–H groups in total. The van der Waals surface area contributed by atoms with Crippen molar-refractivity contribution in [2.24, 2.45) is 10.7 Å². The molecule has 1 aromatic carbocycles. The molecule has 6 heteroatoms. The molecule has 0 saturated heterocycles. The van der Waals surface area contributed by atoms with Gasteiger partial charge in [-0.1, -0.05) is 24.3 Å². The van der Waals surface area contributed by atoms with Crippen molar-refractivity contribution in [3.05, 3.63) is 39.3 Å². The standard InChI is InChI=1S/C14H19N5S/c1-4-12-18-19-13(20-12)8-16-14(15)17-11-6-9(2)5-10(3)7-11/h5-7H,4,8H2,1-3H3,(H3,15,16,17). The number of benzene rings is 1. The molecule has 0 fully saturated rings. The number of nitrogens with two attached hydrogens (primary N) is 1. The Hall–Kier alpha value is -1.95. The van der Waals surface area contributed by atoms with E-state index >= 15 is 0 Å². The summed E-state index contributed by atoms with van der Waals surface area (Å²) in [5, 5.41) is 13.1. The number of nitrogens with zero attached hydrogens (tertiary/aromatic N) is 3. The number of guanidine groups is 1. The quantitative estimate of drug-likeness (QED) is 0.670. The second kappa shape index (κ2) is 6.47. The van der Waals surface area contributed by atoms with Gasteiger partial charge < -0.3 is 11.1 Å². The fourth-order valence-corrected chi connectivity index (χ4v) is 2.59. The van der Waals surface area contributed by atoms with Crippen LogP contribution in [0.2, 0.25) is 0 Å². The highest BCUT2D eigenvalue weighted by atomic mass is 32.1. The predicted octanol–water partition coefficient (Wildman–Crippen LogP) is 2.64. The third-order valence-electron chi connectivity index (χ3n) is 2.69. The molecule has 20 heavy (non-hydrogen) atoms. The Bertz CT molecular complexity index is 598. The second-order valence-electron chi connectivity index (χ2n) is 4.65. The van der Waals surface area contributed by atoms with Gasteiger partial charge in [-0.15, -0.1) is 10.2 Å². The molecule has 0 atom stereocenters. The van der Waals surface area contributed by atoms with E-state index in [1.165, 1.54) is 11.1 Å². The maximum absolute atomic E-state index is 5.89. The van der Waals surface area contributed by atoms with Gasteiger partial charge >= 0.3 is 0 Å². The van der Waals surface area contributed by atoms with Gasteiger partial charge in [0.15, 0.2) is 5.96 Å². The van der Waals surface area contributed by atoms with Crippen molar-refractivity contribution < 1.29 is 0 Å². The molecule has 0 unspecified atom stereocenters. The zero-order valence-corrected chi connectivity index (χ0v) is 12.8. The van der Waals surface area contributed by atoms with E-state index in [1.54, 1.807) is 11.3 Å². The fourth-order valence-electron chi connectivity index (χ4n) is 1.88. The number of nitrogens with one attached hydrogen (secondary N) is 1. The van der Waals surface area contributed by atoms with E-state index in [-0.39, 0.29) is 0 Å². The molecule has 0 bridgehead atoms. The second-order valence-corrected chi connectivity index (χ2v) is 5.79. The molecular formula is C14H19N5S. The normalized spacial score (nSPS) is 11.7. The van der Waals surface area contributed by atoms with Crippen LogP contribution in [0.25, 0.3) is 0 Å². The maximum atomic E-state index is 5.89. The third kappa shape index (κ3) is 4.03. The maximum Gasteiger partial charge on any atom is 0.193 e. The van der Waals surface area contributed by atoms with Crippen molar-refractivity contribution in [1.29, 1.82) is 0 Å². The summed E-state index contributed by atoms with van der Waals surface area (Å²) in [7, 11) is 0. The van der Waals surface area contributed by atoms with Gasteiger partial charge in [0, 0.05) is 5.69 Å². The smallest absolute Gasteiger partial charge is 0.193 e. The number of hydrogen-bond acceptors (Lipinski definition) is 4. The Labute approximate surface area is 123 Å². The van der Waals surface area contributed by atoms with Crippen LogP contribution in [0, 0.1) is 13.8 Å². The Balaban J connectivity index is 1.99. The van der Waals surface area contributed by atoms with Crippen LogP contribution >= 0.6 is 11.3 Å². The largest absolute Gasteiger partial charge is 0.370 e. The first-order chi connectivity index (χ1) is 9.56. The lowest BCUT2D eigenvalue weighted by Crippen LogP contribution is -2.22. The van der Waals surface area contributed by atoms with Gasteiger partial charge in [-0.3, -0.25) is 0 Å². The van der Waals surface area contributed by atoms with Crippen LogP contribution in [-0.2, 0) is 13.0 Å². The topological polar surface area (TPSA) is 76.2 Å². The van der Waals surface area contributed by atoms with Crippen LogP contribution in [0.4, 0.5) is 5.69 Å². The molecule has 1 heterocycles. The van der Waals surface area contributed by atoms with Crippen LogP contribution in [0.5, 0.6) is 0 Å². The zero-order valence-electron chi connectivity index (χ0n) is 12.0. The predicted molar refractivity (Wildman–Crippen MR) is 84.2 cm³/mol. The number of aromatic nitrogens is 2. The first-order valence-electron chi connectivity index (χ1n) is 6.53. The molecule has 0 amide bonds. The Kier molecular flexibility index (Phi) is 4.68. The molecule has 0 aliphatic rings. The lowest BCUT2D eigenvalue weighted by molar-refractivity contribution is 0.921. The summed E-state index contributed by atoms with van der Waals surface area (Å²) < 4.78 is 0. The first kappa shape index (κ1) is 14.5. The van der Waals surface area contributed by atoms with Crippen LogP contribution in [0.1, 0.15) is 28.1 Å². The Morgan fingerprint density at radius 1 is 1.20 bits per heavy atom. The summed E-state index contributed by atoms with van der Waals surface area (Å²) in [5.41, 5.74) is 9.23. The molecule has 1 aromatic heterocycles. The van der Waals surface area contributed by atoms with Crippen LogP contribution in [0.15, 0.2) is 23.2 Å². The van der Waals surface area contributed by atoms with Gasteiger partial charge in [-0.2, -0.15) is 0 Å². The van der Waals surface area contributed by atoms with E-state index in [0.29, 0.717) is 12.5 Å². The summed E-state index contributed by atoms with van der Waals surface area (Å²) in [6.45, 7) is 6.63. The van der Waals surface area contributed by atoms with E-state index in [2.05, 4.69) is 47.3 Å². The average molecular weight is 289 g/mol. The number of aryl methyl sites for hydroxylation is 3. The van der Waals surface area contributed by atoms with E-state index in [9.17, 15) is 0 Å². The van der Waals surface area contributed by atoms with Gasteiger partial charge in [0.1, 0.15) is 10.0 Å². The fraction of sp³-hybridized carbons (Fsp3) is 0.357. The van der Waals surface area contributed by atoms with Crippen molar-refractivity contribution in [1.82, 2.24) is 10.2 Å². The van der Waals surface area contributed by atoms with Crippen LogP contribution < -0.4 is 11.1 Å². The summed E-state index contributed by atoms with van der Waals surface area (Å²) in [5.74, 6) is 0.392. The van der Waals surface area contributed by atoms with E-state index in [1.807, 2.05) is 12.1 Å². The van der Waals surface area contributed by atoms with Gasteiger partial charge in [0.25, 0.3) is 0 Å². The number of aliphatic imine (C=N–C) groups is 1. The van der Waals surface area contributed by atoms with Gasteiger partial charge in [0.05, 0.1) is 6.54 Å². The highest BCUT2D eigenvalue weighted by molar-refractivity contribution is 7.11. The minimum atomic E-state index is 0.392. The van der Waals surface area contributed by atoms with Gasteiger partial charge in [-0.25, -0.2) is 4.99 Å². The van der Waals surface area contributed by atoms with Crippen molar-refractivity contribution in [3.8, 4) is 0 Å². The summed E-state index contributed by atoms with van der Waals surface area (Å²) >= 11 is 1.57. The molecular weight excluding hydrogens is 270 g/mol. The van der Waals surface area contributed by atoms with Crippen molar-refractivity contribution in [2.45, 2.75) is 33.7 Å². The Morgan fingerprint density at radius 3 is 2.45 bits per heavy atom. The lowest BCUT2D eigenvalue weighted by Gasteiger charge is -2.07. The zero-order chi connectivity index (χ0) is 14.5. The summed E-state index contributed by atoms with van der Waals surface area (Å²) in [6, 6.07) is 6.19. The summed E-state index contributed by atoms with van der Waals surface area (Å²) in [6.07, 6.45) is 0.900. The van der Waals surface area contributed by atoms with E-state index < -0.39 is 0 Å². The molecule has 0 radical (unpaired) electrons. The first-order valence-corrected chi connectivity index (χ1v) is 7.35. The van der Waals surface area contributed by atoms with Crippen LogP contribution in [0.3, 0.4) is 0 Å². The van der Waals surface area contributed by atoms with Crippen molar-refractivity contribution in [2.75, 3.05) is 5.32 Å². The van der Waals surface area contributed by atoms with Crippen molar-refractivity contribution in [3.63, 3.8) is 0 Å². The third-order valence-corrected chi connectivity index (χ3v) is 3.74. The van der Waals surface area contributed by atoms with Crippen molar-refractivity contribution >= 4 is 23.0 Å². The van der Waals surface area contributed by atoms with E-state index in [4.69, 9.17) is 5.73 Å².